The van der Waals surface area contributed by atoms with Gasteiger partial charge in [0, 0.05) is 5.56 Å². The zero-order chi connectivity index (χ0) is 21.2. The molecule has 0 fully saturated rings. The van der Waals surface area contributed by atoms with Gasteiger partial charge in [0.25, 0.3) is 5.91 Å². The highest BCUT2D eigenvalue weighted by Crippen LogP contribution is 2.34. The maximum absolute atomic E-state index is 13.5. The number of hydrogen-bond acceptors (Lipinski definition) is 4. The first-order valence-electron chi connectivity index (χ1n) is 9.74. The minimum atomic E-state index is -0.147. The number of para-hydroxylation sites is 1. The van der Waals surface area contributed by atoms with E-state index >= 15 is 0 Å². The lowest BCUT2D eigenvalue weighted by molar-refractivity contribution is 0.0983. The van der Waals surface area contributed by atoms with Crippen molar-refractivity contribution < 1.29 is 9.21 Å². The number of nitrogens with zero attached hydrogens (tertiary/aromatic N) is 2. The Bertz CT molecular complexity index is 1330. The van der Waals surface area contributed by atoms with E-state index in [1.165, 1.54) is 11.3 Å². The number of carbonyl (C=O) groups is 1. The van der Waals surface area contributed by atoms with Crippen molar-refractivity contribution in [2.24, 2.45) is 0 Å². The second kappa shape index (κ2) is 8.38. The second-order valence-corrected chi connectivity index (χ2v) is 8.41. The molecule has 0 aliphatic rings. The number of benzene rings is 3. The van der Waals surface area contributed by atoms with Crippen molar-refractivity contribution in [3.63, 3.8) is 0 Å². The summed E-state index contributed by atoms with van der Waals surface area (Å²) in [5.74, 6) is 0.533. The van der Waals surface area contributed by atoms with Crippen LogP contribution in [0.25, 0.3) is 21.3 Å². The van der Waals surface area contributed by atoms with Crippen molar-refractivity contribution in [3.05, 3.63) is 108 Å². The lowest BCUT2D eigenvalue weighted by Gasteiger charge is -2.19. The van der Waals surface area contributed by atoms with Gasteiger partial charge in [0.05, 0.1) is 22.5 Å². The fourth-order valence-electron chi connectivity index (χ4n) is 3.40. The highest BCUT2D eigenvalue weighted by molar-refractivity contribution is 7.22. The number of rotatable bonds is 5. The fourth-order valence-corrected chi connectivity index (χ4v) is 4.66. The van der Waals surface area contributed by atoms with E-state index in [2.05, 4.69) is 4.98 Å². The van der Waals surface area contributed by atoms with Gasteiger partial charge in [0.15, 0.2) is 5.13 Å². The molecule has 3 aromatic carbocycles. The van der Waals surface area contributed by atoms with Crippen LogP contribution in [-0.4, -0.2) is 10.9 Å². The molecule has 31 heavy (non-hydrogen) atoms. The van der Waals surface area contributed by atoms with Crippen LogP contribution < -0.4 is 4.90 Å². The Morgan fingerprint density at radius 2 is 1.68 bits per heavy atom. The molecule has 0 unspecified atom stereocenters. The van der Waals surface area contributed by atoms with Crippen LogP contribution in [0.2, 0.25) is 5.02 Å². The van der Waals surface area contributed by atoms with Gasteiger partial charge < -0.3 is 4.42 Å². The van der Waals surface area contributed by atoms with Crippen molar-refractivity contribution in [1.29, 1.82) is 0 Å². The van der Waals surface area contributed by atoms with E-state index in [0.29, 0.717) is 27.0 Å². The van der Waals surface area contributed by atoms with Crippen LogP contribution >= 0.6 is 22.9 Å². The van der Waals surface area contributed by atoms with E-state index in [4.69, 9.17) is 16.0 Å². The van der Waals surface area contributed by atoms with Crippen LogP contribution in [0.5, 0.6) is 0 Å². The largest absolute Gasteiger partial charge is 0.467 e. The predicted octanol–water partition coefficient (Wildman–Crippen LogP) is 7.06. The molecule has 2 heterocycles. The van der Waals surface area contributed by atoms with E-state index < -0.39 is 0 Å². The standard InChI is InChI=1S/C25H17ClN2O2S/c26-21-9-4-10-22-23(21)27-25(31-22)28(16-20-8-5-15-30-20)24(29)19-13-11-18(12-14-19)17-6-2-1-3-7-17/h1-15H,16H2. The number of amides is 1. The molecule has 0 N–H and O–H groups in total. The van der Waals surface area contributed by atoms with Crippen molar-refractivity contribution in [1.82, 2.24) is 4.98 Å². The molecule has 0 bridgehead atoms. The first-order valence-corrected chi connectivity index (χ1v) is 10.9. The number of thiazole rings is 1. The molecule has 1 amide bonds. The summed E-state index contributed by atoms with van der Waals surface area (Å²) in [5.41, 5.74) is 3.44. The zero-order valence-corrected chi connectivity index (χ0v) is 17.9. The molecule has 0 saturated heterocycles. The lowest BCUT2D eigenvalue weighted by Crippen LogP contribution is -2.30. The zero-order valence-electron chi connectivity index (χ0n) is 16.4. The Hall–Kier alpha value is -3.41. The van der Waals surface area contributed by atoms with E-state index in [1.807, 2.05) is 78.9 Å². The Kier molecular flexibility index (Phi) is 5.28. The quantitative estimate of drug-likeness (QED) is 0.291. The monoisotopic (exact) mass is 444 g/mol. The summed E-state index contributed by atoms with van der Waals surface area (Å²) in [6, 6.07) is 27.0. The normalized spacial score (nSPS) is 11.0. The second-order valence-electron chi connectivity index (χ2n) is 7.00. The Balaban J connectivity index is 1.51. The molecule has 0 aliphatic carbocycles. The molecule has 2 aromatic heterocycles. The number of halogens is 1. The Morgan fingerprint density at radius 1 is 0.903 bits per heavy atom. The van der Waals surface area contributed by atoms with Crippen LogP contribution in [0, 0.1) is 0 Å². The third kappa shape index (κ3) is 3.98. The minimum Gasteiger partial charge on any atom is -0.467 e. The van der Waals surface area contributed by atoms with Gasteiger partial charge in [-0.2, -0.15) is 0 Å². The summed E-state index contributed by atoms with van der Waals surface area (Å²) in [7, 11) is 0. The maximum atomic E-state index is 13.5. The molecule has 6 heteroatoms. The van der Waals surface area contributed by atoms with Crippen molar-refractivity contribution in [2.45, 2.75) is 6.54 Å². The van der Waals surface area contributed by atoms with Gasteiger partial charge in [-0.05, 0) is 47.5 Å². The van der Waals surface area contributed by atoms with Crippen LogP contribution in [0.1, 0.15) is 16.1 Å². The molecular formula is C25H17ClN2O2S. The van der Waals surface area contributed by atoms with Gasteiger partial charge in [-0.25, -0.2) is 4.98 Å². The van der Waals surface area contributed by atoms with E-state index in [0.717, 1.165) is 15.8 Å². The molecule has 0 radical (unpaired) electrons. The van der Waals surface area contributed by atoms with Crippen LogP contribution in [0.4, 0.5) is 5.13 Å². The first-order chi connectivity index (χ1) is 15.2. The molecule has 5 rings (SSSR count). The van der Waals surface area contributed by atoms with Crippen LogP contribution in [0.3, 0.4) is 0 Å². The first kappa shape index (κ1) is 19.5. The summed E-state index contributed by atoms with van der Waals surface area (Å²) >= 11 is 7.74. The van der Waals surface area contributed by atoms with Crippen LogP contribution in [0.15, 0.2) is 95.6 Å². The minimum absolute atomic E-state index is 0.147. The number of carbonyl (C=O) groups excluding carboxylic acids is 1. The third-order valence-electron chi connectivity index (χ3n) is 4.97. The van der Waals surface area contributed by atoms with Crippen LogP contribution in [-0.2, 0) is 6.54 Å². The molecule has 0 saturated carbocycles. The van der Waals surface area contributed by atoms with Gasteiger partial charge in [0.2, 0.25) is 0 Å². The van der Waals surface area contributed by atoms with Crippen molar-refractivity contribution in [2.75, 3.05) is 4.90 Å². The lowest BCUT2D eigenvalue weighted by atomic mass is 10.0. The van der Waals surface area contributed by atoms with Crippen molar-refractivity contribution in [3.8, 4) is 11.1 Å². The Morgan fingerprint density at radius 3 is 2.39 bits per heavy atom. The molecule has 0 aliphatic heterocycles. The summed E-state index contributed by atoms with van der Waals surface area (Å²) in [4.78, 5) is 19.8. The summed E-state index contributed by atoms with van der Waals surface area (Å²) in [6.45, 7) is 0.281. The SMILES string of the molecule is O=C(c1ccc(-c2ccccc2)cc1)N(Cc1ccco1)c1nc2c(Cl)cccc2s1. The number of aromatic nitrogens is 1. The highest BCUT2D eigenvalue weighted by Gasteiger charge is 2.23. The Labute approximate surface area is 188 Å². The van der Waals surface area contributed by atoms with E-state index in [9.17, 15) is 4.79 Å². The number of furan rings is 1. The summed E-state index contributed by atoms with van der Waals surface area (Å²) in [6.07, 6.45) is 1.60. The molecule has 0 spiro atoms. The van der Waals surface area contributed by atoms with Gasteiger partial charge in [-0.3, -0.25) is 9.69 Å². The smallest absolute Gasteiger partial charge is 0.260 e. The van der Waals surface area contributed by atoms with Gasteiger partial charge in [0.1, 0.15) is 11.3 Å². The van der Waals surface area contributed by atoms with Gasteiger partial charge in [-0.15, -0.1) is 0 Å². The molecule has 5 aromatic rings. The molecule has 0 atom stereocenters. The maximum Gasteiger partial charge on any atom is 0.260 e. The molecular weight excluding hydrogens is 428 g/mol. The third-order valence-corrected chi connectivity index (χ3v) is 6.32. The molecule has 4 nitrogen and oxygen atoms in total. The number of anilines is 1. The van der Waals surface area contributed by atoms with E-state index in [-0.39, 0.29) is 12.5 Å². The predicted molar refractivity (Wildman–Crippen MR) is 126 cm³/mol. The average molecular weight is 445 g/mol. The average Bonchev–Trinajstić information content (AvgIpc) is 3.48. The topological polar surface area (TPSA) is 46.3 Å². The van der Waals surface area contributed by atoms with Crippen molar-refractivity contribution >= 4 is 44.2 Å². The highest BCUT2D eigenvalue weighted by atomic mass is 35.5. The number of fused-ring (bicyclic) bond motifs is 1. The summed E-state index contributed by atoms with van der Waals surface area (Å²) in [5, 5.41) is 1.15. The summed E-state index contributed by atoms with van der Waals surface area (Å²) < 4.78 is 6.43. The van der Waals surface area contributed by atoms with Gasteiger partial charge >= 0.3 is 0 Å². The van der Waals surface area contributed by atoms with Gasteiger partial charge in [-0.1, -0.05) is 71.5 Å². The fraction of sp³-hybridized carbons (Fsp3) is 0.0400. The molecule has 152 valence electrons. The van der Waals surface area contributed by atoms with E-state index in [1.54, 1.807) is 17.2 Å². The number of hydrogen-bond donors (Lipinski definition) is 0.